The highest BCUT2D eigenvalue weighted by atomic mass is 16.7. The van der Waals surface area contributed by atoms with Crippen LogP contribution in [-0.4, -0.2) is 124 Å². The number of carboxylic acids is 1. The maximum atomic E-state index is 12.6. The molecule has 2 saturated heterocycles. The molecule has 0 aromatic rings. The van der Waals surface area contributed by atoms with E-state index in [9.17, 15) is 35.1 Å². The normalized spacial score (nSPS) is 33.4. The minimum atomic E-state index is -1.56. The number of amides is 1. The van der Waals surface area contributed by atoms with Crippen molar-refractivity contribution in [3.63, 3.8) is 0 Å². The lowest BCUT2D eigenvalue weighted by atomic mass is 9.99. The Balaban J connectivity index is 1.80. The van der Waals surface area contributed by atoms with Crippen LogP contribution in [0.2, 0.25) is 0 Å². The topological polar surface area (TPSA) is 230 Å². The maximum absolute atomic E-state index is 12.6. The summed E-state index contributed by atoms with van der Waals surface area (Å²) >= 11 is 0. The minimum absolute atomic E-state index is 0.203. The van der Waals surface area contributed by atoms with Crippen molar-refractivity contribution >= 4 is 11.9 Å². The molecule has 0 saturated carbocycles. The Morgan fingerprint density at radius 1 is 0.875 bits per heavy atom. The van der Waals surface area contributed by atoms with Crippen LogP contribution in [0.25, 0.3) is 0 Å². The second-order valence-electron chi connectivity index (χ2n) is 10.5. The van der Waals surface area contributed by atoms with Crippen LogP contribution in [0.5, 0.6) is 0 Å². The zero-order valence-corrected chi connectivity index (χ0v) is 23.2. The summed E-state index contributed by atoms with van der Waals surface area (Å²) in [6.45, 7) is 2.28. The molecule has 0 bridgehead atoms. The third kappa shape index (κ3) is 11.1. The molecule has 0 aliphatic carbocycles. The second kappa shape index (κ2) is 18.2. The van der Waals surface area contributed by atoms with Gasteiger partial charge in [0.15, 0.2) is 18.7 Å². The van der Waals surface area contributed by atoms with E-state index in [1.54, 1.807) is 0 Å². The Hall–Kier alpha value is -1.46. The summed E-state index contributed by atoms with van der Waals surface area (Å²) in [5.41, 5.74) is 5.45. The predicted molar refractivity (Wildman–Crippen MR) is 140 cm³/mol. The first kappa shape index (κ1) is 34.7. The first-order chi connectivity index (χ1) is 19.1. The van der Waals surface area contributed by atoms with Crippen molar-refractivity contribution in [2.45, 2.75) is 132 Å². The number of carbonyl (C=O) groups excluding carboxylic acids is 1. The number of unbranched alkanes of at least 4 members (excludes halogenated alkanes) is 6. The van der Waals surface area contributed by atoms with Gasteiger partial charge in [-0.1, -0.05) is 39.0 Å². The Bertz CT molecular complexity index is 746. The van der Waals surface area contributed by atoms with Gasteiger partial charge in [-0.05, 0) is 25.7 Å². The first-order valence-corrected chi connectivity index (χ1v) is 14.3. The molecule has 2 aliphatic heterocycles. The van der Waals surface area contributed by atoms with Crippen LogP contribution in [-0.2, 0) is 28.5 Å². The summed E-state index contributed by atoms with van der Waals surface area (Å²) in [4.78, 5) is 23.3. The highest BCUT2D eigenvalue weighted by molar-refractivity contribution is 5.81. The molecule has 0 spiro atoms. The average molecular weight is 581 g/mol. The predicted octanol–water partition coefficient (Wildman–Crippen LogP) is -1.28. The summed E-state index contributed by atoms with van der Waals surface area (Å²) in [6.07, 6.45) is -4.90. The number of rotatable bonds is 18. The van der Waals surface area contributed by atoms with Crippen molar-refractivity contribution in [2.24, 2.45) is 5.73 Å². The molecule has 9 N–H and O–H groups in total. The van der Waals surface area contributed by atoms with Crippen molar-refractivity contribution in [2.75, 3.05) is 19.8 Å². The van der Waals surface area contributed by atoms with Gasteiger partial charge in [-0.25, -0.2) is 0 Å². The number of carboxylic acid groups (broad SMARTS) is 1. The molecule has 234 valence electrons. The Morgan fingerprint density at radius 3 is 2.27 bits per heavy atom. The fourth-order valence-electron chi connectivity index (χ4n) is 4.58. The van der Waals surface area contributed by atoms with E-state index >= 15 is 0 Å². The number of hydrogen-bond donors (Lipinski definition) is 8. The molecule has 0 radical (unpaired) electrons. The second-order valence-corrected chi connectivity index (χ2v) is 10.5. The monoisotopic (exact) mass is 580 g/mol. The van der Waals surface area contributed by atoms with Gasteiger partial charge in [-0.2, -0.15) is 0 Å². The number of nitrogens with one attached hydrogen (secondary N) is 1. The van der Waals surface area contributed by atoms with E-state index < -0.39 is 73.2 Å². The van der Waals surface area contributed by atoms with Crippen LogP contribution in [0, 0.1) is 0 Å². The molecule has 14 nitrogen and oxygen atoms in total. The van der Waals surface area contributed by atoms with Crippen LogP contribution >= 0.6 is 0 Å². The van der Waals surface area contributed by atoms with E-state index in [0.29, 0.717) is 19.4 Å². The minimum Gasteiger partial charge on any atom is -0.480 e. The van der Waals surface area contributed by atoms with Gasteiger partial charge < -0.3 is 60.6 Å². The van der Waals surface area contributed by atoms with E-state index in [-0.39, 0.29) is 26.0 Å². The van der Waals surface area contributed by atoms with Crippen molar-refractivity contribution in [3.8, 4) is 0 Å². The fraction of sp³-hybridized carbons (Fsp3) is 0.923. The lowest BCUT2D eigenvalue weighted by Gasteiger charge is -2.41. The maximum Gasteiger partial charge on any atom is 0.320 e. The molecular formula is C26H48N2O12. The number of carbonyl (C=O) groups is 2. The molecule has 5 unspecified atom stereocenters. The molecule has 1 amide bonds. The van der Waals surface area contributed by atoms with Gasteiger partial charge in [0.05, 0.1) is 12.7 Å². The number of aliphatic hydroxyl groups is 5. The first-order valence-electron chi connectivity index (χ1n) is 14.3. The van der Waals surface area contributed by atoms with E-state index in [0.717, 1.165) is 32.1 Å². The van der Waals surface area contributed by atoms with Crippen LogP contribution in [0.3, 0.4) is 0 Å². The van der Waals surface area contributed by atoms with Crippen LogP contribution in [0.15, 0.2) is 0 Å². The summed E-state index contributed by atoms with van der Waals surface area (Å²) < 4.78 is 22.3. The van der Waals surface area contributed by atoms with Gasteiger partial charge in [-0.15, -0.1) is 0 Å². The van der Waals surface area contributed by atoms with Gasteiger partial charge >= 0.3 is 5.97 Å². The average Bonchev–Trinajstić information content (AvgIpc) is 2.92. The highest BCUT2D eigenvalue weighted by Crippen LogP contribution is 2.26. The van der Waals surface area contributed by atoms with Gasteiger partial charge in [0.1, 0.15) is 36.6 Å². The number of aliphatic carboxylic acids is 1. The summed E-state index contributed by atoms with van der Waals surface area (Å²) in [7, 11) is 0. The lowest BCUT2D eigenvalue weighted by molar-refractivity contribution is -0.319. The molecule has 40 heavy (non-hydrogen) atoms. The molecule has 10 atom stereocenters. The van der Waals surface area contributed by atoms with Gasteiger partial charge in [-0.3, -0.25) is 9.59 Å². The Labute approximate surface area is 234 Å². The number of hydrogen-bond acceptors (Lipinski definition) is 12. The molecule has 2 fully saturated rings. The van der Waals surface area contributed by atoms with E-state index in [1.165, 1.54) is 6.42 Å². The van der Waals surface area contributed by atoms with E-state index in [1.807, 2.05) is 0 Å². The lowest BCUT2D eigenvalue weighted by Crippen LogP contribution is -2.60. The Morgan fingerprint density at radius 2 is 1.57 bits per heavy atom. The molecule has 0 aromatic heterocycles. The van der Waals surface area contributed by atoms with Crippen LogP contribution < -0.4 is 11.1 Å². The zero-order valence-electron chi connectivity index (χ0n) is 23.2. The number of ether oxygens (including phenoxy) is 4. The third-order valence-corrected chi connectivity index (χ3v) is 7.12. The summed E-state index contributed by atoms with van der Waals surface area (Å²) in [5.74, 6) is -1.73. The number of nitrogens with two attached hydrogens (primary N) is 1. The third-order valence-electron chi connectivity index (χ3n) is 7.12. The van der Waals surface area contributed by atoms with Crippen molar-refractivity contribution in [1.82, 2.24) is 5.32 Å². The largest absolute Gasteiger partial charge is 0.480 e. The molecule has 0 aromatic carbocycles. The van der Waals surface area contributed by atoms with Crippen LogP contribution in [0.1, 0.15) is 71.1 Å². The zero-order chi connectivity index (χ0) is 29.7. The van der Waals surface area contributed by atoms with E-state index in [4.69, 9.17) is 29.8 Å². The van der Waals surface area contributed by atoms with Crippen LogP contribution in [0.4, 0.5) is 0 Å². The van der Waals surface area contributed by atoms with E-state index in [2.05, 4.69) is 12.2 Å². The summed E-state index contributed by atoms with van der Waals surface area (Å²) in [5, 5.41) is 62.9. The van der Waals surface area contributed by atoms with Crippen molar-refractivity contribution in [3.05, 3.63) is 0 Å². The molecular weight excluding hydrogens is 532 g/mol. The molecule has 14 heteroatoms. The SMILES string of the molecule is CCCCCCCCOC1OC(CO[C@H]2OC(C(=O)NCCCC[C@H](N)C(=O)O)C(O)C[C@H]2O)[C@@H](O)C(O)[C@H]1O. The number of aliphatic hydroxyl groups excluding tert-OH is 5. The van der Waals surface area contributed by atoms with Crippen molar-refractivity contribution < 1.29 is 59.2 Å². The molecule has 2 rings (SSSR count). The standard InChI is InChI=1S/C26H48N2O12/c1-2-3-4-5-6-9-12-37-26-21(33)20(32)19(31)18(39-26)14-38-25-17(30)13-16(29)22(40-25)23(34)28-11-8-7-10-15(27)24(35)36/h15-22,25-26,29-33H,2-14,27H2,1H3,(H,28,34)(H,35,36)/t15-,16?,17+,18?,19+,20?,21+,22?,25-,26?/m0/s1. The Kier molecular flexibility index (Phi) is 15.8. The van der Waals surface area contributed by atoms with Gasteiger partial charge in [0.2, 0.25) is 0 Å². The van der Waals surface area contributed by atoms with Crippen molar-refractivity contribution in [1.29, 1.82) is 0 Å². The quantitative estimate of drug-likeness (QED) is 0.0884. The molecule has 2 heterocycles. The van der Waals surface area contributed by atoms with Gasteiger partial charge in [0, 0.05) is 19.6 Å². The summed E-state index contributed by atoms with van der Waals surface area (Å²) in [6, 6.07) is -0.975. The fourth-order valence-corrected chi connectivity index (χ4v) is 4.58. The molecule has 2 aliphatic rings. The smallest absolute Gasteiger partial charge is 0.320 e. The highest BCUT2D eigenvalue weighted by Gasteiger charge is 2.46. The van der Waals surface area contributed by atoms with Gasteiger partial charge in [0.25, 0.3) is 5.91 Å².